The van der Waals surface area contributed by atoms with Crippen molar-refractivity contribution in [2.24, 2.45) is 0 Å². The third-order valence-electron chi connectivity index (χ3n) is 6.71. The van der Waals surface area contributed by atoms with Crippen molar-refractivity contribution >= 4 is 68.4 Å². The summed E-state index contributed by atoms with van der Waals surface area (Å²) in [7, 11) is -0.775. The van der Waals surface area contributed by atoms with Gasteiger partial charge in [-0.05, 0) is 45.2 Å². The molecule has 0 saturated carbocycles. The fourth-order valence-corrected chi connectivity index (χ4v) is 11.7. The van der Waals surface area contributed by atoms with Crippen LogP contribution in [-0.2, 0) is 11.8 Å². The molecule has 0 radical (unpaired) electrons. The Morgan fingerprint density at radius 1 is 0.432 bits per heavy atom. The molecule has 0 amide bonds. The molecule has 3 heteroatoms. The minimum atomic E-state index is -2.33. The Bertz CT molecular complexity index is 1590. The molecule has 0 aliphatic heterocycles. The van der Waals surface area contributed by atoms with Crippen LogP contribution < -0.4 is 31.8 Å². The lowest BCUT2D eigenvalue weighted by atomic mass is 10.1. The second kappa shape index (κ2) is 10.6. The Morgan fingerprint density at radius 2 is 0.865 bits per heavy atom. The molecule has 0 aromatic heterocycles. The fourth-order valence-electron chi connectivity index (χ4n) is 5.03. The summed E-state index contributed by atoms with van der Waals surface area (Å²) in [4.78, 5) is 0. The molecule has 6 rings (SSSR count). The zero-order chi connectivity index (χ0) is 25.1. The van der Waals surface area contributed by atoms with Gasteiger partial charge in [-0.25, -0.2) is 0 Å². The summed E-state index contributed by atoms with van der Waals surface area (Å²) in [5.74, 6) is 0. The molecule has 6 aromatic rings. The van der Waals surface area contributed by atoms with E-state index in [1.54, 1.807) is 0 Å². The normalized spacial score (nSPS) is 11.6. The summed E-state index contributed by atoms with van der Waals surface area (Å²) in [6.07, 6.45) is 0. The van der Waals surface area contributed by atoms with Gasteiger partial charge in [0.25, 0.3) is 0 Å². The highest BCUT2D eigenvalue weighted by atomic mass is 32.4. The monoisotopic (exact) mass is 528 g/mol. The van der Waals surface area contributed by atoms with E-state index in [-0.39, 0.29) is 0 Å². The van der Waals surface area contributed by atoms with E-state index >= 15 is 0 Å². The van der Waals surface area contributed by atoms with Crippen molar-refractivity contribution in [1.82, 2.24) is 0 Å². The Balaban J connectivity index is 1.71. The van der Waals surface area contributed by atoms with E-state index in [0.29, 0.717) is 0 Å². The molecule has 0 fully saturated rings. The van der Waals surface area contributed by atoms with Crippen LogP contribution in [0.3, 0.4) is 0 Å². The Morgan fingerprint density at radius 3 is 1.35 bits per heavy atom. The van der Waals surface area contributed by atoms with Gasteiger partial charge in [-0.3, -0.25) is 0 Å². The summed E-state index contributed by atoms with van der Waals surface area (Å²) in [6, 6.07) is 54.5. The second-order valence-corrected chi connectivity index (χ2v) is 15.5. The highest BCUT2D eigenvalue weighted by Crippen LogP contribution is 2.46. The summed E-state index contributed by atoms with van der Waals surface area (Å²) < 4.78 is 0. The molecule has 6 aromatic carbocycles. The van der Waals surface area contributed by atoms with Gasteiger partial charge in [0.05, 0.1) is 0 Å². The Kier molecular flexibility index (Phi) is 6.86. The van der Waals surface area contributed by atoms with Crippen LogP contribution in [0.25, 0.3) is 10.8 Å². The van der Waals surface area contributed by atoms with Crippen LogP contribution in [0.2, 0.25) is 0 Å². The lowest BCUT2D eigenvalue weighted by molar-refractivity contribution is 1.74. The van der Waals surface area contributed by atoms with Crippen LogP contribution in [0, 0.1) is 0 Å². The number of hydrogen-bond acceptors (Lipinski definition) is 1. The molecule has 0 atom stereocenters. The van der Waals surface area contributed by atoms with E-state index in [1.165, 1.54) is 42.6 Å². The first-order valence-corrected chi connectivity index (χ1v) is 16.5. The minimum absolute atomic E-state index is 0.775. The van der Waals surface area contributed by atoms with Crippen LogP contribution in [-0.4, -0.2) is 0 Å². The molecule has 0 nitrogen and oxygen atoms in total. The lowest BCUT2D eigenvalue weighted by Crippen LogP contribution is -2.29. The molecule has 0 aliphatic carbocycles. The molecule has 0 aliphatic rings. The number of fused-ring (bicyclic) bond motifs is 1. The molecule has 0 bridgehead atoms. The zero-order valence-corrected chi connectivity index (χ0v) is 22.9. The number of hydrogen-bond donors (Lipinski definition) is 0. The van der Waals surface area contributed by atoms with Crippen molar-refractivity contribution in [3.05, 3.63) is 158 Å². The van der Waals surface area contributed by atoms with Crippen LogP contribution >= 0.6 is 14.0 Å². The smallest absolute Gasteiger partial charge is 0.0385 e. The lowest BCUT2D eigenvalue weighted by Gasteiger charge is -2.28. The van der Waals surface area contributed by atoms with Gasteiger partial charge in [0.1, 0.15) is 0 Å². The maximum Gasteiger partial charge on any atom is 0.0385 e. The zero-order valence-electron chi connectivity index (χ0n) is 20.3. The van der Waals surface area contributed by atoms with Gasteiger partial charge >= 0.3 is 0 Å². The van der Waals surface area contributed by atoms with Gasteiger partial charge in [0.2, 0.25) is 0 Å². The molecule has 0 spiro atoms. The molecule has 37 heavy (non-hydrogen) atoms. The van der Waals surface area contributed by atoms with Gasteiger partial charge in [-0.15, -0.1) is 0 Å². The number of rotatable bonds is 6. The third-order valence-corrected chi connectivity index (χ3v) is 14.1. The van der Waals surface area contributed by atoms with Crippen molar-refractivity contribution in [3.8, 4) is 0 Å². The predicted octanol–water partition coefficient (Wildman–Crippen LogP) is 6.35. The minimum Gasteiger partial charge on any atom is -0.0826 e. The molecular formula is C34H26P2S. The van der Waals surface area contributed by atoms with E-state index in [9.17, 15) is 0 Å². The molecule has 0 saturated heterocycles. The van der Waals surface area contributed by atoms with Gasteiger partial charge in [-0.2, -0.15) is 0 Å². The Labute approximate surface area is 225 Å². The van der Waals surface area contributed by atoms with Crippen molar-refractivity contribution in [2.75, 3.05) is 0 Å². The fraction of sp³-hybridized carbons (Fsp3) is 0. The van der Waals surface area contributed by atoms with E-state index in [4.69, 9.17) is 11.8 Å². The topological polar surface area (TPSA) is 0 Å². The maximum atomic E-state index is 6.83. The molecule has 0 unspecified atom stereocenters. The highest BCUT2D eigenvalue weighted by Gasteiger charge is 2.29. The van der Waals surface area contributed by atoms with Gasteiger partial charge < -0.3 is 0 Å². The third kappa shape index (κ3) is 4.49. The number of benzene rings is 6. The summed E-state index contributed by atoms with van der Waals surface area (Å²) in [5.41, 5.74) is 0. The second-order valence-electron chi connectivity index (χ2n) is 8.94. The summed E-state index contributed by atoms with van der Waals surface area (Å²) in [5, 5.41) is 10.3. The van der Waals surface area contributed by atoms with Crippen molar-refractivity contribution in [2.45, 2.75) is 0 Å². The van der Waals surface area contributed by atoms with Crippen LogP contribution in [0.5, 0.6) is 0 Å². The van der Waals surface area contributed by atoms with Crippen molar-refractivity contribution < 1.29 is 0 Å². The summed E-state index contributed by atoms with van der Waals surface area (Å²) in [6.45, 7) is 0. The standard InChI is InChI=1S/C34H26P2S/c37-36(30-21-9-3-10-22-30,31-23-11-4-12-24-31)33-26-14-16-27-15-13-25-32(34(27)33)35(28-17-5-1-6-18-28)29-19-7-2-8-20-29/h1-26H. The first kappa shape index (κ1) is 24.0. The van der Waals surface area contributed by atoms with Gasteiger partial charge in [0.15, 0.2) is 0 Å². The van der Waals surface area contributed by atoms with Gasteiger partial charge in [0, 0.05) is 11.3 Å². The average molecular weight is 529 g/mol. The first-order valence-electron chi connectivity index (χ1n) is 12.4. The molecule has 0 heterocycles. The summed E-state index contributed by atoms with van der Waals surface area (Å²) >= 11 is 6.83. The van der Waals surface area contributed by atoms with Crippen LogP contribution in [0.15, 0.2) is 158 Å². The Hall–Kier alpha value is -3.34. The van der Waals surface area contributed by atoms with E-state index < -0.39 is 14.0 Å². The van der Waals surface area contributed by atoms with Crippen LogP contribution in [0.1, 0.15) is 0 Å². The van der Waals surface area contributed by atoms with E-state index in [2.05, 4.69) is 158 Å². The van der Waals surface area contributed by atoms with Crippen molar-refractivity contribution in [3.63, 3.8) is 0 Å². The van der Waals surface area contributed by atoms with E-state index in [0.717, 1.165) is 0 Å². The molecule has 178 valence electrons. The largest absolute Gasteiger partial charge is 0.0826 e. The molecule has 0 N–H and O–H groups in total. The van der Waals surface area contributed by atoms with Gasteiger partial charge in [-0.1, -0.05) is 170 Å². The average Bonchev–Trinajstić information content (AvgIpc) is 2.99. The first-order chi connectivity index (χ1) is 18.3. The molecular weight excluding hydrogens is 502 g/mol. The SMILES string of the molecule is S=P(c1ccccc1)(c1ccccc1)c1cccc2cccc(P(c3ccccc3)c3ccccc3)c12. The maximum absolute atomic E-state index is 6.83. The highest BCUT2D eigenvalue weighted by molar-refractivity contribution is 8.25. The quantitative estimate of drug-likeness (QED) is 0.227. The van der Waals surface area contributed by atoms with E-state index in [1.807, 2.05) is 0 Å². The van der Waals surface area contributed by atoms with Crippen molar-refractivity contribution in [1.29, 1.82) is 0 Å². The predicted molar refractivity (Wildman–Crippen MR) is 169 cm³/mol. The van der Waals surface area contributed by atoms with Crippen LogP contribution in [0.4, 0.5) is 0 Å².